The van der Waals surface area contributed by atoms with E-state index >= 15 is 0 Å². The first kappa shape index (κ1) is 13.8. The topological polar surface area (TPSA) is 120 Å². The van der Waals surface area contributed by atoms with Crippen molar-refractivity contribution in [1.82, 2.24) is 5.32 Å². The SMILES string of the molecule is C=C(N)N=C(NC(=O)C(=C)C)/C(N)=C(/C)N. The fourth-order valence-corrected chi connectivity index (χ4v) is 0.700. The smallest absolute Gasteiger partial charge is 0.251 e. The summed E-state index contributed by atoms with van der Waals surface area (Å²) in [6.07, 6.45) is 0. The lowest BCUT2D eigenvalue weighted by molar-refractivity contribution is -0.116. The number of hydrogen-bond donors (Lipinski definition) is 4. The van der Waals surface area contributed by atoms with Gasteiger partial charge in [-0.25, -0.2) is 4.99 Å². The molecule has 7 N–H and O–H groups in total. The van der Waals surface area contributed by atoms with E-state index < -0.39 is 5.91 Å². The van der Waals surface area contributed by atoms with Crippen LogP contribution < -0.4 is 22.5 Å². The van der Waals surface area contributed by atoms with Gasteiger partial charge in [0.1, 0.15) is 5.82 Å². The molecule has 16 heavy (non-hydrogen) atoms. The Morgan fingerprint density at radius 1 is 1.19 bits per heavy atom. The van der Waals surface area contributed by atoms with Crippen molar-refractivity contribution in [2.24, 2.45) is 22.2 Å². The average Bonchev–Trinajstić information content (AvgIpc) is 2.14. The Morgan fingerprint density at radius 3 is 2.00 bits per heavy atom. The van der Waals surface area contributed by atoms with Gasteiger partial charge in [-0.05, 0) is 13.8 Å². The maximum absolute atomic E-state index is 11.4. The number of nitrogens with two attached hydrogens (primary N) is 3. The maximum Gasteiger partial charge on any atom is 0.251 e. The standard InChI is InChI=1S/C10H17N5O/c1-5(2)10(16)15-9(14-7(4)12)8(13)6(3)11/h1,4,11-13H2,2-3H3,(H,14,15,16)/b8-6+. The van der Waals surface area contributed by atoms with E-state index in [2.05, 4.69) is 23.5 Å². The van der Waals surface area contributed by atoms with Crippen LogP contribution in [0.25, 0.3) is 0 Å². The number of amidine groups is 1. The lowest BCUT2D eigenvalue weighted by Crippen LogP contribution is -2.36. The molecule has 0 spiro atoms. The summed E-state index contributed by atoms with van der Waals surface area (Å²) in [6, 6.07) is 0. The summed E-state index contributed by atoms with van der Waals surface area (Å²) in [4.78, 5) is 15.2. The van der Waals surface area contributed by atoms with Gasteiger partial charge < -0.3 is 22.5 Å². The van der Waals surface area contributed by atoms with Gasteiger partial charge >= 0.3 is 0 Å². The normalized spacial score (nSPS) is 12.8. The molecule has 0 aromatic rings. The molecule has 0 saturated carbocycles. The number of nitrogens with zero attached hydrogens (tertiary/aromatic N) is 1. The minimum absolute atomic E-state index is 0.0150. The molecule has 0 atom stereocenters. The van der Waals surface area contributed by atoms with E-state index in [1.54, 1.807) is 13.8 Å². The van der Waals surface area contributed by atoms with Crippen molar-refractivity contribution in [3.8, 4) is 0 Å². The summed E-state index contributed by atoms with van der Waals surface area (Å²) in [6.45, 7) is 10.0. The molecule has 0 radical (unpaired) electrons. The first-order valence-corrected chi connectivity index (χ1v) is 4.47. The molecule has 0 rings (SSSR count). The Kier molecular flexibility index (Phi) is 4.81. The van der Waals surface area contributed by atoms with E-state index in [9.17, 15) is 4.79 Å². The number of aliphatic imine (C=N–C) groups is 1. The summed E-state index contributed by atoms with van der Waals surface area (Å²) in [7, 11) is 0. The van der Waals surface area contributed by atoms with Gasteiger partial charge in [-0.3, -0.25) is 4.79 Å². The van der Waals surface area contributed by atoms with Gasteiger partial charge in [0.05, 0.1) is 5.70 Å². The number of hydrogen-bond acceptors (Lipinski definition) is 5. The van der Waals surface area contributed by atoms with E-state index in [1.807, 2.05) is 0 Å². The van der Waals surface area contributed by atoms with Gasteiger partial charge in [-0.1, -0.05) is 13.2 Å². The number of nitrogens with one attached hydrogen (secondary N) is 1. The first-order chi connectivity index (χ1) is 7.25. The zero-order valence-electron chi connectivity index (χ0n) is 9.50. The van der Waals surface area contributed by atoms with Crippen molar-refractivity contribution < 1.29 is 4.79 Å². The van der Waals surface area contributed by atoms with Crippen LogP contribution in [0.3, 0.4) is 0 Å². The summed E-state index contributed by atoms with van der Waals surface area (Å²) >= 11 is 0. The molecule has 0 aliphatic rings. The Morgan fingerprint density at radius 2 is 1.69 bits per heavy atom. The Balaban J connectivity index is 5.15. The van der Waals surface area contributed by atoms with Crippen LogP contribution in [0, 0.1) is 0 Å². The lowest BCUT2D eigenvalue weighted by Gasteiger charge is -2.10. The van der Waals surface area contributed by atoms with Gasteiger partial charge in [0, 0.05) is 11.3 Å². The van der Waals surface area contributed by atoms with E-state index in [0.29, 0.717) is 11.3 Å². The predicted octanol–water partition coefficient (Wildman–Crippen LogP) is -0.344. The van der Waals surface area contributed by atoms with E-state index in [0.717, 1.165) is 0 Å². The number of allylic oxidation sites excluding steroid dienone is 1. The highest BCUT2D eigenvalue weighted by Crippen LogP contribution is 1.97. The molecule has 0 unspecified atom stereocenters. The van der Waals surface area contributed by atoms with Gasteiger partial charge in [0.15, 0.2) is 5.84 Å². The summed E-state index contributed by atoms with van der Waals surface area (Å²) in [5.41, 5.74) is 17.2. The van der Waals surface area contributed by atoms with Crippen LogP contribution in [0.15, 0.2) is 40.9 Å². The fraction of sp³-hybridized carbons (Fsp3) is 0.200. The van der Waals surface area contributed by atoms with Crippen LogP contribution in [-0.2, 0) is 4.79 Å². The van der Waals surface area contributed by atoms with Crippen LogP contribution in [0.2, 0.25) is 0 Å². The van der Waals surface area contributed by atoms with Crippen molar-refractivity contribution in [2.75, 3.05) is 0 Å². The molecule has 0 bridgehead atoms. The number of carbonyl (C=O) groups excluding carboxylic acids is 1. The lowest BCUT2D eigenvalue weighted by atomic mass is 10.3. The number of amides is 1. The molecule has 0 aromatic carbocycles. The highest BCUT2D eigenvalue weighted by atomic mass is 16.1. The predicted molar refractivity (Wildman–Crippen MR) is 64.8 cm³/mol. The third-order valence-electron chi connectivity index (χ3n) is 1.55. The Bertz CT molecular complexity index is 388. The maximum atomic E-state index is 11.4. The minimum Gasteiger partial charge on any atom is -0.401 e. The van der Waals surface area contributed by atoms with Gasteiger partial charge in [0.2, 0.25) is 0 Å². The number of rotatable bonds is 3. The van der Waals surface area contributed by atoms with E-state index in [4.69, 9.17) is 17.2 Å². The molecule has 88 valence electrons. The van der Waals surface area contributed by atoms with Crippen LogP contribution >= 0.6 is 0 Å². The third-order valence-corrected chi connectivity index (χ3v) is 1.55. The molecular formula is C10H17N5O. The molecule has 0 aliphatic carbocycles. The van der Waals surface area contributed by atoms with Crippen LogP contribution in [0.4, 0.5) is 0 Å². The Labute approximate surface area is 94.6 Å². The largest absolute Gasteiger partial charge is 0.401 e. The first-order valence-electron chi connectivity index (χ1n) is 4.47. The van der Waals surface area contributed by atoms with Crippen molar-refractivity contribution in [3.63, 3.8) is 0 Å². The molecule has 6 nitrogen and oxygen atoms in total. The van der Waals surface area contributed by atoms with Gasteiger partial charge in [-0.15, -0.1) is 0 Å². The van der Waals surface area contributed by atoms with Crippen molar-refractivity contribution in [3.05, 3.63) is 35.9 Å². The molecular weight excluding hydrogens is 206 g/mol. The van der Waals surface area contributed by atoms with Gasteiger partial charge in [0.25, 0.3) is 5.91 Å². The summed E-state index contributed by atoms with van der Waals surface area (Å²) in [5.74, 6) is -0.328. The minimum atomic E-state index is -0.413. The molecule has 1 amide bonds. The summed E-state index contributed by atoms with van der Waals surface area (Å²) < 4.78 is 0. The molecule has 0 saturated heterocycles. The Hall–Kier alpha value is -2.24. The number of carbonyl (C=O) groups is 1. The molecule has 0 aliphatic heterocycles. The molecule has 0 aromatic heterocycles. The van der Waals surface area contributed by atoms with Crippen LogP contribution in [-0.4, -0.2) is 11.7 Å². The van der Waals surface area contributed by atoms with Crippen molar-refractivity contribution in [2.45, 2.75) is 13.8 Å². The molecule has 0 fully saturated rings. The van der Waals surface area contributed by atoms with E-state index in [-0.39, 0.29) is 17.4 Å². The van der Waals surface area contributed by atoms with Gasteiger partial charge in [-0.2, -0.15) is 0 Å². The second-order valence-electron chi connectivity index (χ2n) is 3.28. The van der Waals surface area contributed by atoms with E-state index in [1.165, 1.54) is 0 Å². The second-order valence-corrected chi connectivity index (χ2v) is 3.28. The molecule has 0 heterocycles. The summed E-state index contributed by atoms with van der Waals surface area (Å²) in [5, 5.41) is 2.44. The second kappa shape index (κ2) is 5.59. The highest BCUT2D eigenvalue weighted by molar-refractivity contribution is 6.12. The fourth-order valence-electron chi connectivity index (χ4n) is 0.700. The van der Waals surface area contributed by atoms with Crippen molar-refractivity contribution in [1.29, 1.82) is 0 Å². The van der Waals surface area contributed by atoms with Crippen molar-refractivity contribution >= 4 is 11.7 Å². The quantitative estimate of drug-likeness (QED) is 0.297. The zero-order valence-corrected chi connectivity index (χ0v) is 9.50. The van der Waals surface area contributed by atoms with Crippen LogP contribution in [0.1, 0.15) is 13.8 Å². The highest BCUT2D eigenvalue weighted by Gasteiger charge is 2.10. The molecule has 6 heteroatoms. The average molecular weight is 223 g/mol. The van der Waals surface area contributed by atoms with Crippen LogP contribution in [0.5, 0.6) is 0 Å². The monoisotopic (exact) mass is 223 g/mol. The zero-order chi connectivity index (χ0) is 12.9. The third kappa shape index (κ3) is 4.32.